The number of hydrogen-bond donors (Lipinski definition) is 3. The van der Waals surface area contributed by atoms with Crippen molar-refractivity contribution in [1.82, 2.24) is 10.9 Å². The molecule has 0 saturated heterocycles. The summed E-state index contributed by atoms with van der Waals surface area (Å²) >= 11 is 0. The van der Waals surface area contributed by atoms with E-state index in [1.54, 1.807) is 12.1 Å². The van der Waals surface area contributed by atoms with Gasteiger partial charge >= 0.3 is 6.03 Å². The molecule has 0 aliphatic heterocycles. The molecule has 5 heteroatoms. The predicted molar refractivity (Wildman–Crippen MR) is 66.3 cm³/mol. The van der Waals surface area contributed by atoms with Crippen LogP contribution < -0.4 is 16.2 Å². The lowest BCUT2D eigenvalue weighted by molar-refractivity contribution is -0.121. The molecule has 0 aromatic heterocycles. The predicted octanol–water partition coefficient (Wildman–Crippen LogP) is 2.03. The molecular formula is C12H17N3O2. The van der Waals surface area contributed by atoms with E-state index >= 15 is 0 Å². The zero-order chi connectivity index (χ0) is 12.5. The first-order valence-corrected chi connectivity index (χ1v) is 5.63. The van der Waals surface area contributed by atoms with Crippen LogP contribution in [0.1, 0.15) is 26.2 Å². The van der Waals surface area contributed by atoms with Gasteiger partial charge in [0.25, 0.3) is 0 Å². The summed E-state index contributed by atoms with van der Waals surface area (Å²) in [4.78, 5) is 22.6. The number of hydrazine groups is 1. The molecule has 0 bridgehead atoms. The van der Waals surface area contributed by atoms with Crippen LogP contribution in [0.2, 0.25) is 0 Å². The quantitative estimate of drug-likeness (QED) is 0.699. The fraction of sp³-hybridized carbons (Fsp3) is 0.333. The summed E-state index contributed by atoms with van der Waals surface area (Å²) in [7, 11) is 0. The molecule has 1 aromatic rings. The minimum absolute atomic E-state index is 0.185. The first kappa shape index (κ1) is 13.0. The van der Waals surface area contributed by atoms with Crippen LogP contribution in [-0.4, -0.2) is 11.9 Å². The maximum Gasteiger partial charge on any atom is 0.337 e. The zero-order valence-electron chi connectivity index (χ0n) is 9.82. The van der Waals surface area contributed by atoms with Crippen LogP contribution in [0.5, 0.6) is 0 Å². The minimum Gasteiger partial charge on any atom is -0.307 e. The van der Waals surface area contributed by atoms with E-state index < -0.39 is 6.03 Å². The number of rotatable bonds is 4. The molecule has 0 fully saturated rings. The number of urea groups is 1. The van der Waals surface area contributed by atoms with E-state index in [0.717, 1.165) is 12.8 Å². The monoisotopic (exact) mass is 235 g/mol. The van der Waals surface area contributed by atoms with Gasteiger partial charge in [0.15, 0.2) is 0 Å². The molecule has 0 aliphatic rings. The Balaban J connectivity index is 2.24. The first-order chi connectivity index (χ1) is 8.22. The molecule has 0 atom stereocenters. The molecule has 0 saturated carbocycles. The van der Waals surface area contributed by atoms with Crippen molar-refractivity contribution in [3.05, 3.63) is 30.3 Å². The Morgan fingerprint density at radius 1 is 1.12 bits per heavy atom. The molecule has 1 aromatic carbocycles. The molecule has 0 radical (unpaired) electrons. The van der Waals surface area contributed by atoms with Crippen LogP contribution in [0.3, 0.4) is 0 Å². The Morgan fingerprint density at radius 3 is 2.47 bits per heavy atom. The van der Waals surface area contributed by atoms with Crippen LogP contribution in [0.4, 0.5) is 10.5 Å². The third-order valence-corrected chi connectivity index (χ3v) is 2.10. The third kappa shape index (κ3) is 5.55. The number of unbranched alkanes of at least 4 members (excludes halogenated alkanes) is 1. The van der Waals surface area contributed by atoms with Gasteiger partial charge in [0.1, 0.15) is 0 Å². The van der Waals surface area contributed by atoms with Gasteiger partial charge in [-0.2, -0.15) is 0 Å². The molecule has 1 rings (SSSR count). The average Bonchev–Trinajstić information content (AvgIpc) is 2.35. The van der Waals surface area contributed by atoms with Crippen molar-refractivity contribution in [3.63, 3.8) is 0 Å². The molecule has 92 valence electrons. The summed E-state index contributed by atoms with van der Waals surface area (Å²) < 4.78 is 0. The number of hydrogen-bond acceptors (Lipinski definition) is 2. The lowest BCUT2D eigenvalue weighted by atomic mass is 10.2. The smallest absolute Gasteiger partial charge is 0.307 e. The van der Waals surface area contributed by atoms with Crippen LogP contribution in [0.25, 0.3) is 0 Å². The van der Waals surface area contributed by atoms with Crippen molar-refractivity contribution in [3.8, 4) is 0 Å². The van der Waals surface area contributed by atoms with E-state index in [4.69, 9.17) is 0 Å². The third-order valence-electron chi connectivity index (χ3n) is 2.10. The molecule has 3 N–H and O–H groups in total. The van der Waals surface area contributed by atoms with Crippen molar-refractivity contribution in [2.24, 2.45) is 0 Å². The van der Waals surface area contributed by atoms with Gasteiger partial charge in [0.2, 0.25) is 5.91 Å². The number of carbonyl (C=O) groups is 2. The first-order valence-electron chi connectivity index (χ1n) is 5.63. The molecule has 17 heavy (non-hydrogen) atoms. The average molecular weight is 235 g/mol. The Morgan fingerprint density at radius 2 is 1.82 bits per heavy atom. The van der Waals surface area contributed by atoms with Gasteiger partial charge in [-0.1, -0.05) is 31.5 Å². The fourth-order valence-electron chi connectivity index (χ4n) is 1.21. The van der Waals surface area contributed by atoms with Gasteiger partial charge < -0.3 is 5.32 Å². The van der Waals surface area contributed by atoms with E-state index in [9.17, 15) is 9.59 Å². The van der Waals surface area contributed by atoms with Crippen molar-refractivity contribution in [1.29, 1.82) is 0 Å². The number of benzene rings is 1. The second-order valence-electron chi connectivity index (χ2n) is 3.60. The highest BCUT2D eigenvalue weighted by Crippen LogP contribution is 2.03. The van der Waals surface area contributed by atoms with E-state index in [1.165, 1.54) is 0 Å². The highest BCUT2D eigenvalue weighted by Gasteiger charge is 2.03. The number of carbonyl (C=O) groups excluding carboxylic acids is 2. The van der Waals surface area contributed by atoms with Crippen LogP contribution in [0.15, 0.2) is 30.3 Å². The number of para-hydroxylation sites is 1. The van der Waals surface area contributed by atoms with Gasteiger partial charge in [-0.3, -0.25) is 10.2 Å². The molecule has 0 unspecified atom stereocenters. The van der Waals surface area contributed by atoms with Crippen molar-refractivity contribution in [2.75, 3.05) is 5.32 Å². The van der Waals surface area contributed by atoms with Gasteiger partial charge in [-0.25, -0.2) is 10.2 Å². The summed E-state index contributed by atoms with van der Waals surface area (Å²) in [5.41, 5.74) is 5.30. The number of anilines is 1. The summed E-state index contributed by atoms with van der Waals surface area (Å²) in [6.07, 6.45) is 2.18. The van der Waals surface area contributed by atoms with Crippen LogP contribution in [0, 0.1) is 0 Å². The Labute approximate surface area is 101 Å². The molecule has 0 heterocycles. The van der Waals surface area contributed by atoms with E-state index in [-0.39, 0.29) is 5.91 Å². The zero-order valence-corrected chi connectivity index (χ0v) is 9.82. The lowest BCUT2D eigenvalue weighted by Gasteiger charge is -2.08. The second kappa shape index (κ2) is 7.27. The summed E-state index contributed by atoms with van der Waals surface area (Å²) in [5.74, 6) is -0.185. The largest absolute Gasteiger partial charge is 0.337 e. The summed E-state index contributed by atoms with van der Waals surface area (Å²) in [5, 5.41) is 2.59. The van der Waals surface area contributed by atoms with Crippen LogP contribution >= 0.6 is 0 Å². The molecule has 0 aliphatic carbocycles. The van der Waals surface area contributed by atoms with Crippen molar-refractivity contribution >= 4 is 17.6 Å². The molecular weight excluding hydrogens is 218 g/mol. The van der Waals surface area contributed by atoms with Crippen molar-refractivity contribution in [2.45, 2.75) is 26.2 Å². The van der Waals surface area contributed by atoms with Gasteiger partial charge in [0.05, 0.1) is 0 Å². The van der Waals surface area contributed by atoms with E-state index in [0.29, 0.717) is 12.1 Å². The maximum atomic E-state index is 11.4. The van der Waals surface area contributed by atoms with Crippen molar-refractivity contribution < 1.29 is 9.59 Å². The van der Waals surface area contributed by atoms with E-state index in [1.807, 2.05) is 25.1 Å². The fourth-order valence-corrected chi connectivity index (χ4v) is 1.21. The highest BCUT2D eigenvalue weighted by molar-refractivity contribution is 5.90. The lowest BCUT2D eigenvalue weighted by Crippen LogP contribution is -2.43. The van der Waals surface area contributed by atoms with Gasteiger partial charge in [-0.05, 0) is 18.6 Å². The Hall–Kier alpha value is -2.04. The minimum atomic E-state index is -0.457. The van der Waals surface area contributed by atoms with E-state index in [2.05, 4.69) is 16.2 Å². The topological polar surface area (TPSA) is 70.2 Å². The normalized spacial score (nSPS) is 9.47. The number of amides is 3. The van der Waals surface area contributed by atoms with Gasteiger partial charge in [-0.15, -0.1) is 0 Å². The maximum absolute atomic E-state index is 11.4. The SMILES string of the molecule is CCCCC(=O)NNC(=O)Nc1ccccc1. The highest BCUT2D eigenvalue weighted by atomic mass is 16.2. The molecule has 0 spiro atoms. The second-order valence-corrected chi connectivity index (χ2v) is 3.60. The van der Waals surface area contributed by atoms with Gasteiger partial charge in [0, 0.05) is 12.1 Å². The Kier molecular flexibility index (Phi) is 5.57. The molecule has 5 nitrogen and oxygen atoms in total. The standard InChI is InChI=1S/C12H17N3O2/c1-2-3-9-11(16)14-15-12(17)13-10-7-5-4-6-8-10/h4-8H,2-3,9H2,1H3,(H,14,16)(H2,13,15,17). The summed E-state index contributed by atoms with van der Waals surface area (Å²) in [6, 6.07) is 8.55. The Bertz CT molecular complexity index is 365. The summed E-state index contributed by atoms with van der Waals surface area (Å²) in [6.45, 7) is 2.00. The molecule has 3 amide bonds. The van der Waals surface area contributed by atoms with Crippen LogP contribution in [-0.2, 0) is 4.79 Å². The number of nitrogens with one attached hydrogen (secondary N) is 3.